The zero-order chi connectivity index (χ0) is 35.0. The summed E-state index contributed by atoms with van der Waals surface area (Å²) in [5.74, 6) is 6.41. The van der Waals surface area contributed by atoms with E-state index in [0.29, 0.717) is 49.8 Å². The van der Waals surface area contributed by atoms with Crippen molar-refractivity contribution in [3.05, 3.63) is 71.5 Å². The lowest BCUT2D eigenvalue weighted by atomic mass is 9.76. The molecule has 1 saturated carbocycles. The third-order valence-electron chi connectivity index (χ3n) is 10.1. The number of phenols is 3. The van der Waals surface area contributed by atoms with Crippen LogP contribution in [0.4, 0.5) is 0 Å². The molecular weight excluding hydrogens is 638 g/mol. The van der Waals surface area contributed by atoms with Gasteiger partial charge in [-0.1, -0.05) is 30.4 Å². The molecule has 266 valence electrons. The van der Waals surface area contributed by atoms with Crippen LogP contribution in [0.2, 0.25) is 0 Å². The van der Waals surface area contributed by atoms with Crippen LogP contribution in [-0.2, 0) is 27.1 Å². The molecule has 50 heavy (non-hydrogen) atoms. The number of hydrogen-bond donors (Lipinski definition) is 4. The molecule has 3 aromatic rings. The molecule has 2 bridgehead atoms. The van der Waals surface area contributed by atoms with Gasteiger partial charge in [-0.15, -0.1) is 0 Å². The van der Waals surface area contributed by atoms with Crippen molar-refractivity contribution in [1.29, 1.82) is 0 Å². The zero-order valence-electron chi connectivity index (χ0n) is 28.5. The highest BCUT2D eigenvalue weighted by molar-refractivity contribution is 5.66. The van der Waals surface area contributed by atoms with E-state index in [1.54, 1.807) is 24.5 Å². The Balaban J connectivity index is 1.33. The van der Waals surface area contributed by atoms with Crippen LogP contribution in [0.1, 0.15) is 81.1 Å². The molecule has 0 unspecified atom stereocenters. The Hall–Kier alpha value is -4.46. The molecule has 2 aliphatic heterocycles. The Kier molecular flexibility index (Phi) is 11.7. The van der Waals surface area contributed by atoms with Crippen molar-refractivity contribution in [3.63, 3.8) is 0 Å². The molecule has 1 aliphatic carbocycles. The van der Waals surface area contributed by atoms with E-state index < -0.39 is 24.3 Å². The Bertz CT molecular complexity index is 1670. The molecule has 1 aromatic heterocycles. The minimum atomic E-state index is -0.601. The number of nitrogens with zero attached hydrogens (tertiary/aromatic N) is 1. The number of esters is 1. The van der Waals surface area contributed by atoms with Crippen LogP contribution in [0.25, 0.3) is 0 Å². The van der Waals surface area contributed by atoms with Gasteiger partial charge in [0.2, 0.25) is 5.75 Å². The summed E-state index contributed by atoms with van der Waals surface area (Å²) in [5.41, 5.74) is 2.51. The number of fused-ring (bicyclic) bond motifs is 3. The fraction of sp³-hybridized carbons (Fsp3) is 0.500. The van der Waals surface area contributed by atoms with Crippen LogP contribution in [0.3, 0.4) is 0 Å². The number of rotatable bonds is 10. The smallest absolute Gasteiger partial charge is 0.302 e. The molecule has 1 saturated heterocycles. The maximum absolute atomic E-state index is 12.3. The lowest BCUT2D eigenvalue weighted by Crippen LogP contribution is -2.41. The molecule has 3 aliphatic rings. The Morgan fingerprint density at radius 3 is 2.68 bits per heavy atom. The van der Waals surface area contributed by atoms with E-state index in [4.69, 9.17) is 18.9 Å². The van der Waals surface area contributed by atoms with Crippen LogP contribution in [0, 0.1) is 29.6 Å². The van der Waals surface area contributed by atoms with Gasteiger partial charge in [0.15, 0.2) is 23.0 Å². The minimum absolute atomic E-state index is 0.00699. The first-order valence-electron chi connectivity index (χ1n) is 17.8. The number of benzene rings is 2. The van der Waals surface area contributed by atoms with Gasteiger partial charge in [0.25, 0.3) is 0 Å². The highest BCUT2D eigenvalue weighted by Gasteiger charge is 2.40. The third-order valence-corrected chi connectivity index (χ3v) is 10.1. The molecule has 2 fully saturated rings. The van der Waals surface area contributed by atoms with Gasteiger partial charge in [-0.05, 0) is 85.5 Å². The summed E-state index contributed by atoms with van der Waals surface area (Å²) < 4.78 is 25.1. The van der Waals surface area contributed by atoms with Gasteiger partial charge in [0.05, 0.1) is 24.7 Å². The Morgan fingerprint density at radius 1 is 1.02 bits per heavy atom. The van der Waals surface area contributed by atoms with Gasteiger partial charge >= 0.3 is 5.97 Å². The van der Waals surface area contributed by atoms with Crippen LogP contribution in [0.15, 0.2) is 54.9 Å². The summed E-state index contributed by atoms with van der Waals surface area (Å²) in [7, 11) is 0. The second kappa shape index (κ2) is 16.5. The van der Waals surface area contributed by atoms with E-state index in [-0.39, 0.29) is 60.1 Å². The van der Waals surface area contributed by atoms with Crippen molar-refractivity contribution in [2.24, 2.45) is 17.8 Å². The van der Waals surface area contributed by atoms with E-state index in [2.05, 4.69) is 16.8 Å². The minimum Gasteiger partial charge on any atom is -0.504 e. The van der Waals surface area contributed by atoms with Crippen molar-refractivity contribution >= 4 is 5.97 Å². The van der Waals surface area contributed by atoms with E-state index in [0.717, 1.165) is 36.8 Å². The lowest BCUT2D eigenvalue weighted by Gasteiger charge is -2.41. The predicted octanol–water partition coefficient (Wildman–Crippen LogP) is 6.17. The molecule has 2 aromatic carbocycles. The molecule has 4 N–H and O–H groups in total. The first kappa shape index (κ1) is 35.4. The first-order chi connectivity index (χ1) is 24.3. The number of carbonyl (C=O) groups is 1. The highest BCUT2D eigenvalue weighted by atomic mass is 16.6. The number of hydrogen-bond acceptors (Lipinski definition) is 10. The maximum Gasteiger partial charge on any atom is 0.302 e. The van der Waals surface area contributed by atoms with Crippen LogP contribution in [-0.4, -0.2) is 62.9 Å². The van der Waals surface area contributed by atoms with Crippen molar-refractivity contribution in [3.8, 4) is 40.6 Å². The number of aromatic nitrogens is 1. The summed E-state index contributed by atoms with van der Waals surface area (Å²) in [6.07, 6.45) is 8.77. The highest BCUT2D eigenvalue weighted by Crippen LogP contribution is 2.45. The van der Waals surface area contributed by atoms with Crippen molar-refractivity contribution < 1.29 is 44.2 Å². The number of aromatic hydroxyl groups is 3. The molecule has 0 amide bonds. The zero-order valence-corrected chi connectivity index (χ0v) is 28.5. The van der Waals surface area contributed by atoms with Gasteiger partial charge in [-0.3, -0.25) is 9.78 Å². The van der Waals surface area contributed by atoms with Gasteiger partial charge in [0, 0.05) is 57.0 Å². The molecule has 10 heteroatoms. The van der Waals surface area contributed by atoms with E-state index >= 15 is 0 Å². The van der Waals surface area contributed by atoms with Crippen molar-refractivity contribution in [2.75, 3.05) is 13.2 Å². The second-order valence-corrected chi connectivity index (χ2v) is 13.7. The largest absolute Gasteiger partial charge is 0.504 e. The monoisotopic (exact) mass is 685 g/mol. The molecular formula is C40H47NO9. The second-order valence-electron chi connectivity index (χ2n) is 13.7. The topological polar surface area (TPSA) is 148 Å². The summed E-state index contributed by atoms with van der Waals surface area (Å²) in [6, 6.07) is 12.4. The summed E-state index contributed by atoms with van der Waals surface area (Å²) in [5, 5.41) is 42.1. The number of carbonyl (C=O) groups excluding carboxylic acids is 1. The van der Waals surface area contributed by atoms with Crippen LogP contribution >= 0.6 is 0 Å². The van der Waals surface area contributed by atoms with E-state index in [9.17, 15) is 25.2 Å². The Morgan fingerprint density at radius 2 is 1.88 bits per heavy atom. The molecule has 3 heterocycles. The average molecular weight is 686 g/mol. The van der Waals surface area contributed by atoms with E-state index in [1.807, 2.05) is 24.3 Å². The number of phenolic OH excluding ortho intramolecular Hbond substituents is 3. The molecule has 0 spiro atoms. The maximum atomic E-state index is 12.3. The number of aliphatic hydroxyl groups excluding tert-OH is 1. The van der Waals surface area contributed by atoms with Gasteiger partial charge in [-0.2, -0.15) is 0 Å². The summed E-state index contributed by atoms with van der Waals surface area (Å²) in [6.45, 7) is 1.67. The fourth-order valence-corrected chi connectivity index (χ4v) is 7.54. The quantitative estimate of drug-likeness (QED) is 0.111. The summed E-state index contributed by atoms with van der Waals surface area (Å²) in [4.78, 5) is 16.4. The molecule has 6 rings (SSSR count). The fourth-order valence-electron chi connectivity index (χ4n) is 7.54. The standard InChI is InChI=1S/C40H47NO9/c1-25(43)48-31-22-36(30-20-34(45)40(46)39(21-30)47-17-14-26-6-4-15-41-24-26)50-37(23-31)32-18-27-10-13-33(44)38(19-27)49-35-9-3-2-7-29(35)12-11-28(32)8-5-16-42/h4,6,10,13,15,19-21,24,28-29,31-32,35-37,42,44-46H,2-3,5,7-9,14,16-18,22-23H2,1H3/t28-,29+,31+,32-,35+,36-,37+/m0/s1. The SMILES string of the molecule is CC(=O)O[C@@H]1C[C@@H](c2cc(O)c(O)c(OCCc3cccnc3)c2)O[C@@H]([C@H]2Cc3ccc(O)c(c3)O[C@@H]3CCCC[C@@H]3C#C[C@@H]2CCCO)C1. The van der Waals surface area contributed by atoms with Crippen LogP contribution in [0.5, 0.6) is 28.7 Å². The normalized spacial score (nSPS) is 26.2. The Labute approximate surface area is 293 Å². The molecule has 0 radical (unpaired) electrons. The van der Waals surface area contributed by atoms with Crippen molar-refractivity contribution in [1.82, 2.24) is 4.98 Å². The summed E-state index contributed by atoms with van der Waals surface area (Å²) >= 11 is 0. The van der Waals surface area contributed by atoms with Crippen molar-refractivity contribution in [2.45, 2.75) is 95.5 Å². The van der Waals surface area contributed by atoms with Gasteiger partial charge in [0.1, 0.15) is 12.2 Å². The molecule has 10 nitrogen and oxygen atoms in total. The first-order valence-corrected chi connectivity index (χ1v) is 17.8. The molecule has 7 atom stereocenters. The lowest BCUT2D eigenvalue weighted by molar-refractivity contribution is -0.166. The number of ether oxygens (including phenoxy) is 4. The predicted molar refractivity (Wildman–Crippen MR) is 185 cm³/mol. The number of aliphatic hydroxyl groups is 1. The van der Waals surface area contributed by atoms with E-state index in [1.165, 1.54) is 13.0 Å². The average Bonchev–Trinajstić information content (AvgIpc) is 3.13. The van der Waals surface area contributed by atoms with Gasteiger partial charge in [-0.25, -0.2) is 0 Å². The third kappa shape index (κ3) is 8.82. The number of pyridine rings is 1. The van der Waals surface area contributed by atoms with Crippen LogP contribution < -0.4 is 9.47 Å². The van der Waals surface area contributed by atoms with Gasteiger partial charge < -0.3 is 39.4 Å².